The smallest absolute Gasteiger partial charge is 0.164 e. The molecule has 0 fully saturated rings. The highest BCUT2D eigenvalue weighted by atomic mass is 32.1. The summed E-state index contributed by atoms with van der Waals surface area (Å²) in [6.07, 6.45) is 11.6. The van der Waals surface area contributed by atoms with E-state index >= 15 is 0 Å². The summed E-state index contributed by atoms with van der Waals surface area (Å²) in [6.45, 7) is 12.2. The zero-order valence-electron chi connectivity index (χ0n) is 32.3. The fourth-order valence-corrected chi connectivity index (χ4v) is 9.97. The van der Waals surface area contributed by atoms with E-state index in [0.29, 0.717) is 23.3 Å². The lowest BCUT2D eigenvalue weighted by molar-refractivity contribution is 0.669. The van der Waals surface area contributed by atoms with Crippen LogP contribution in [0.1, 0.15) is 35.9 Å². The van der Waals surface area contributed by atoms with Gasteiger partial charge in [-0.15, -0.1) is 22.7 Å². The highest BCUT2D eigenvalue weighted by molar-refractivity contribution is 7.26. The van der Waals surface area contributed by atoms with Crippen LogP contribution in [0.4, 0.5) is 0 Å². The number of furan rings is 1. The second-order valence-corrected chi connectivity index (χ2v) is 16.1. The highest BCUT2D eigenvalue weighted by Crippen LogP contribution is 2.43. The summed E-state index contributed by atoms with van der Waals surface area (Å²) in [7, 11) is 0. The summed E-state index contributed by atoms with van der Waals surface area (Å²) in [5.74, 6) is 2.40. The number of aromatic nitrogens is 5. The van der Waals surface area contributed by atoms with E-state index in [2.05, 4.69) is 86.0 Å². The normalized spacial score (nSPS) is 12.5. The summed E-state index contributed by atoms with van der Waals surface area (Å²) in [6, 6.07) is 39.5. The van der Waals surface area contributed by atoms with Crippen molar-refractivity contribution in [1.29, 1.82) is 0 Å². The second-order valence-electron chi connectivity index (χ2n) is 14.0. The third-order valence-electron chi connectivity index (χ3n) is 10.4. The van der Waals surface area contributed by atoms with Gasteiger partial charge >= 0.3 is 0 Å². The predicted octanol–water partition coefficient (Wildman–Crippen LogP) is 14.4. The average molecular weight is 798 g/mol. The molecule has 0 amide bonds. The molecule has 6 nitrogen and oxygen atoms in total. The van der Waals surface area contributed by atoms with Crippen LogP contribution in [0.15, 0.2) is 163 Å². The van der Waals surface area contributed by atoms with Crippen LogP contribution in [-0.4, -0.2) is 24.9 Å². The predicted molar refractivity (Wildman–Crippen MR) is 250 cm³/mol. The molecule has 5 heterocycles. The number of hydrogen-bond donors (Lipinski definition) is 0. The topological polar surface area (TPSA) is 77.6 Å². The van der Waals surface area contributed by atoms with E-state index in [-0.39, 0.29) is 0 Å². The highest BCUT2D eigenvalue weighted by Gasteiger charge is 2.23. The first kappa shape index (κ1) is 36.2. The van der Waals surface area contributed by atoms with Crippen LogP contribution in [0.3, 0.4) is 0 Å². The minimum absolute atomic E-state index is 0.567. The van der Waals surface area contributed by atoms with Crippen LogP contribution >= 0.6 is 22.7 Å². The number of hydrogen-bond acceptors (Lipinski definition) is 8. The molecule has 0 aliphatic carbocycles. The Morgan fingerprint density at radius 3 is 2.17 bits per heavy atom. The van der Waals surface area contributed by atoms with Gasteiger partial charge in [0.25, 0.3) is 0 Å². The Hall–Kier alpha value is -7.13. The Balaban J connectivity index is 1.14. The SMILES string of the molecule is C=C/C=C(\C=C/C)c1nc(/C(=C/C)c2c(C=C)sc3cc(-c4nc(-c5ccc6oc7ccccc7c6c5)c5sc6ccccc6c5n4)ccc23)nc(-c2ccccc2)n1. The maximum Gasteiger partial charge on any atom is 0.164 e. The minimum atomic E-state index is 0.567. The van der Waals surface area contributed by atoms with Gasteiger partial charge in [-0.3, -0.25) is 0 Å². The fourth-order valence-electron chi connectivity index (χ4n) is 7.70. The first-order valence-corrected chi connectivity index (χ1v) is 20.9. The summed E-state index contributed by atoms with van der Waals surface area (Å²) < 4.78 is 9.50. The molecule has 0 saturated carbocycles. The Morgan fingerprint density at radius 2 is 1.36 bits per heavy atom. The van der Waals surface area contributed by atoms with E-state index in [1.165, 1.54) is 4.70 Å². The second kappa shape index (κ2) is 15.0. The van der Waals surface area contributed by atoms with E-state index in [1.807, 2.05) is 86.7 Å². The number of fused-ring (bicyclic) bond motifs is 7. The van der Waals surface area contributed by atoms with Crippen molar-refractivity contribution in [3.63, 3.8) is 0 Å². The fraction of sp³-hybridized carbons (Fsp3) is 0.0392. The molecule has 10 rings (SSSR count). The lowest BCUT2D eigenvalue weighted by Crippen LogP contribution is -2.05. The molecule has 0 aliphatic rings. The molecule has 0 radical (unpaired) electrons. The van der Waals surface area contributed by atoms with Crippen molar-refractivity contribution >= 4 is 92.2 Å². The van der Waals surface area contributed by atoms with Gasteiger partial charge < -0.3 is 4.42 Å². The average Bonchev–Trinajstić information content (AvgIpc) is 3.97. The van der Waals surface area contributed by atoms with Gasteiger partial charge in [0.15, 0.2) is 23.3 Å². The van der Waals surface area contributed by atoms with Crippen LogP contribution in [0.5, 0.6) is 0 Å². The zero-order valence-corrected chi connectivity index (χ0v) is 33.9. The van der Waals surface area contributed by atoms with Crippen molar-refractivity contribution in [2.45, 2.75) is 13.8 Å². The Kier molecular flexibility index (Phi) is 9.20. The molecule has 0 unspecified atom stereocenters. The van der Waals surface area contributed by atoms with Crippen LogP contribution in [0.25, 0.3) is 104 Å². The Labute approximate surface area is 348 Å². The summed E-state index contributed by atoms with van der Waals surface area (Å²) >= 11 is 3.41. The first-order chi connectivity index (χ1) is 29.0. The maximum atomic E-state index is 6.19. The Morgan fingerprint density at radius 1 is 0.610 bits per heavy atom. The van der Waals surface area contributed by atoms with Gasteiger partial charge in [-0.05, 0) is 50.2 Å². The monoisotopic (exact) mass is 797 g/mol. The number of para-hydroxylation sites is 1. The number of nitrogens with zero attached hydrogens (tertiary/aromatic N) is 5. The van der Waals surface area contributed by atoms with Crippen LogP contribution < -0.4 is 0 Å². The summed E-state index contributed by atoms with van der Waals surface area (Å²) in [5.41, 5.74) is 9.17. The van der Waals surface area contributed by atoms with Gasteiger partial charge in [-0.1, -0.05) is 128 Å². The standard InChI is InChI=1S/C51H35N5OS2/c1-5-16-30(17-6-2)48-54-49(31-18-10-9-11-19-31)56-51(55-48)34(7-3)44-36-26-24-33(29-43(36)58-41(44)8-4)50-52-45(47-46(53-50)37-21-13-15-23-42(37)59-47)32-25-27-40-38(28-32)35-20-12-14-22-39(35)57-40/h5-29H,1,4H2,2-3H3/b17-6-,30-16+,34-7+. The molecule has 0 aliphatic heterocycles. The molecule has 0 bridgehead atoms. The summed E-state index contributed by atoms with van der Waals surface area (Å²) in [4.78, 5) is 26.7. The lowest BCUT2D eigenvalue weighted by Gasteiger charge is -2.12. The van der Waals surface area contributed by atoms with Crippen LogP contribution in [0.2, 0.25) is 0 Å². The summed E-state index contributed by atoms with van der Waals surface area (Å²) in [5, 5.41) is 4.33. The van der Waals surface area contributed by atoms with Crippen molar-refractivity contribution in [2.75, 3.05) is 0 Å². The van der Waals surface area contributed by atoms with Gasteiger partial charge in [-0.25, -0.2) is 24.9 Å². The van der Waals surface area contributed by atoms with Crippen LogP contribution in [-0.2, 0) is 0 Å². The third kappa shape index (κ3) is 6.30. The molecular weight excluding hydrogens is 763 g/mol. The molecule has 0 spiro atoms. The van der Waals surface area contributed by atoms with E-state index in [0.717, 1.165) is 91.6 Å². The minimum Gasteiger partial charge on any atom is -0.456 e. The molecule has 5 aromatic heterocycles. The van der Waals surface area contributed by atoms with Gasteiger partial charge in [-0.2, -0.15) is 0 Å². The molecule has 0 atom stereocenters. The maximum absolute atomic E-state index is 6.19. The third-order valence-corrected chi connectivity index (χ3v) is 12.7. The van der Waals surface area contributed by atoms with Gasteiger partial charge in [0.1, 0.15) is 11.2 Å². The van der Waals surface area contributed by atoms with Crippen molar-refractivity contribution in [1.82, 2.24) is 24.9 Å². The molecule has 59 heavy (non-hydrogen) atoms. The molecule has 0 N–H and O–H groups in total. The van der Waals surface area contributed by atoms with Crippen molar-refractivity contribution in [3.05, 3.63) is 181 Å². The van der Waals surface area contributed by atoms with E-state index in [1.54, 1.807) is 28.7 Å². The molecule has 5 aromatic carbocycles. The number of benzene rings is 5. The number of allylic oxidation sites excluding steroid dienone is 6. The van der Waals surface area contributed by atoms with Crippen molar-refractivity contribution < 1.29 is 4.42 Å². The van der Waals surface area contributed by atoms with Gasteiger partial charge in [0, 0.05) is 69.2 Å². The molecule has 10 aromatic rings. The largest absolute Gasteiger partial charge is 0.456 e. The molecule has 8 heteroatoms. The molecular formula is C51H35N5OS2. The molecule has 282 valence electrons. The van der Waals surface area contributed by atoms with E-state index < -0.39 is 0 Å². The quantitative estimate of drug-likeness (QED) is 0.135. The number of thiophene rings is 2. The van der Waals surface area contributed by atoms with Crippen LogP contribution in [0, 0.1) is 0 Å². The van der Waals surface area contributed by atoms with Gasteiger partial charge in [0.2, 0.25) is 0 Å². The van der Waals surface area contributed by atoms with Crippen molar-refractivity contribution in [2.24, 2.45) is 0 Å². The lowest BCUT2D eigenvalue weighted by atomic mass is 9.99. The van der Waals surface area contributed by atoms with E-state index in [9.17, 15) is 0 Å². The van der Waals surface area contributed by atoms with E-state index in [4.69, 9.17) is 29.3 Å². The van der Waals surface area contributed by atoms with Gasteiger partial charge in [0.05, 0.1) is 15.9 Å². The molecule has 0 saturated heterocycles. The zero-order chi connectivity index (χ0) is 40.0. The van der Waals surface area contributed by atoms with Crippen molar-refractivity contribution in [3.8, 4) is 34.0 Å². The number of rotatable bonds is 9. The Bertz CT molecular complexity index is 3400. The first-order valence-electron chi connectivity index (χ1n) is 19.3.